The van der Waals surface area contributed by atoms with Gasteiger partial charge in [-0.3, -0.25) is 0 Å². The summed E-state index contributed by atoms with van der Waals surface area (Å²) in [7, 11) is -3.62. The van der Waals surface area contributed by atoms with Crippen LogP contribution in [-0.4, -0.2) is 25.8 Å². The molecule has 0 amide bonds. The predicted octanol–water partition coefficient (Wildman–Crippen LogP) is 3.80. The largest absolute Gasteiger partial charge is 0.246 e. The molecule has 1 aromatic carbocycles. The van der Waals surface area contributed by atoms with Crippen molar-refractivity contribution in [1.82, 2.24) is 4.31 Å². The number of rotatable bonds is 6. The number of nitrogens with zero attached hydrogens (tertiary/aromatic N) is 1. The predicted molar refractivity (Wildman–Crippen MR) is 75.8 cm³/mol. The van der Waals surface area contributed by atoms with E-state index in [9.17, 15) is 8.42 Å². The molecule has 0 bridgehead atoms. The SMILES string of the molecule is CCCCN(CC)S(=O)(=O)c1c(Cl)cccc1Cl. The molecular formula is C12H17Cl2NO2S. The van der Waals surface area contributed by atoms with Crippen LogP contribution >= 0.6 is 23.2 Å². The molecule has 1 rings (SSSR count). The lowest BCUT2D eigenvalue weighted by Crippen LogP contribution is -2.32. The maximum atomic E-state index is 12.5. The van der Waals surface area contributed by atoms with Gasteiger partial charge in [0, 0.05) is 13.1 Å². The zero-order chi connectivity index (χ0) is 13.8. The van der Waals surface area contributed by atoms with Crippen molar-refractivity contribution in [1.29, 1.82) is 0 Å². The number of unbranched alkanes of at least 4 members (excludes halogenated alkanes) is 1. The lowest BCUT2D eigenvalue weighted by molar-refractivity contribution is 0.419. The number of hydrogen-bond donors (Lipinski definition) is 0. The van der Waals surface area contributed by atoms with Crippen LogP contribution in [0.1, 0.15) is 26.7 Å². The van der Waals surface area contributed by atoms with Crippen LogP contribution in [0.15, 0.2) is 23.1 Å². The molecule has 0 N–H and O–H groups in total. The summed E-state index contributed by atoms with van der Waals surface area (Å²) in [6, 6.07) is 4.70. The zero-order valence-electron chi connectivity index (χ0n) is 10.5. The van der Waals surface area contributed by atoms with E-state index in [4.69, 9.17) is 23.2 Å². The second-order valence-electron chi connectivity index (χ2n) is 3.90. The van der Waals surface area contributed by atoms with E-state index in [1.807, 2.05) is 6.92 Å². The minimum atomic E-state index is -3.62. The molecule has 0 atom stereocenters. The molecule has 18 heavy (non-hydrogen) atoms. The van der Waals surface area contributed by atoms with Gasteiger partial charge in [-0.25, -0.2) is 8.42 Å². The van der Waals surface area contributed by atoms with E-state index < -0.39 is 10.0 Å². The van der Waals surface area contributed by atoms with Gasteiger partial charge in [0.2, 0.25) is 10.0 Å². The Kier molecular flexibility index (Phi) is 5.92. The summed E-state index contributed by atoms with van der Waals surface area (Å²) in [5.41, 5.74) is 0. The quantitative estimate of drug-likeness (QED) is 0.801. The van der Waals surface area contributed by atoms with E-state index in [1.165, 1.54) is 16.4 Å². The number of hydrogen-bond acceptors (Lipinski definition) is 2. The second-order valence-corrected chi connectivity index (χ2v) is 6.59. The average Bonchev–Trinajstić information content (AvgIpc) is 2.29. The van der Waals surface area contributed by atoms with Crippen LogP contribution in [0.4, 0.5) is 0 Å². The molecule has 0 aliphatic carbocycles. The Morgan fingerprint density at radius 2 is 1.72 bits per heavy atom. The highest BCUT2D eigenvalue weighted by molar-refractivity contribution is 7.89. The highest BCUT2D eigenvalue weighted by Crippen LogP contribution is 2.31. The van der Waals surface area contributed by atoms with Crippen molar-refractivity contribution in [3.63, 3.8) is 0 Å². The van der Waals surface area contributed by atoms with Gasteiger partial charge >= 0.3 is 0 Å². The van der Waals surface area contributed by atoms with Crippen molar-refractivity contribution in [2.75, 3.05) is 13.1 Å². The highest BCUT2D eigenvalue weighted by atomic mass is 35.5. The highest BCUT2D eigenvalue weighted by Gasteiger charge is 2.27. The van der Waals surface area contributed by atoms with Gasteiger partial charge in [-0.1, -0.05) is 49.5 Å². The molecule has 0 radical (unpaired) electrons. The lowest BCUT2D eigenvalue weighted by Gasteiger charge is -2.21. The summed E-state index contributed by atoms with van der Waals surface area (Å²) < 4.78 is 26.3. The Morgan fingerprint density at radius 1 is 1.17 bits per heavy atom. The topological polar surface area (TPSA) is 37.4 Å². The molecule has 6 heteroatoms. The van der Waals surface area contributed by atoms with Crippen LogP contribution < -0.4 is 0 Å². The van der Waals surface area contributed by atoms with Crippen LogP contribution in [0.3, 0.4) is 0 Å². The fourth-order valence-corrected chi connectivity index (χ4v) is 4.22. The fraction of sp³-hybridized carbons (Fsp3) is 0.500. The third-order valence-electron chi connectivity index (χ3n) is 2.63. The van der Waals surface area contributed by atoms with Crippen molar-refractivity contribution in [2.45, 2.75) is 31.6 Å². The zero-order valence-corrected chi connectivity index (χ0v) is 12.8. The molecule has 3 nitrogen and oxygen atoms in total. The lowest BCUT2D eigenvalue weighted by atomic mass is 10.3. The van der Waals surface area contributed by atoms with E-state index >= 15 is 0 Å². The van der Waals surface area contributed by atoms with E-state index in [0.29, 0.717) is 13.1 Å². The van der Waals surface area contributed by atoms with Crippen LogP contribution in [0.5, 0.6) is 0 Å². The van der Waals surface area contributed by atoms with Gasteiger partial charge in [0.05, 0.1) is 10.0 Å². The van der Waals surface area contributed by atoms with Crippen LogP contribution in [0, 0.1) is 0 Å². The Hall–Kier alpha value is -0.290. The molecule has 0 saturated heterocycles. The van der Waals surface area contributed by atoms with E-state index in [1.54, 1.807) is 13.0 Å². The molecule has 0 aliphatic rings. The van der Waals surface area contributed by atoms with Gasteiger partial charge in [-0.05, 0) is 18.6 Å². The first-order valence-corrected chi connectivity index (χ1v) is 8.08. The Labute approximate surface area is 119 Å². The van der Waals surface area contributed by atoms with Gasteiger partial charge in [0.25, 0.3) is 0 Å². The third-order valence-corrected chi connectivity index (χ3v) is 5.56. The third kappa shape index (κ3) is 3.38. The minimum Gasteiger partial charge on any atom is -0.207 e. The normalized spacial score (nSPS) is 12.1. The Morgan fingerprint density at radius 3 is 2.17 bits per heavy atom. The summed E-state index contributed by atoms with van der Waals surface area (Å²) in [5, 5.41) is 0.329. The molecular weight excluding hydrogens is 293 g/mol. The van der Waals surface area contributed by atoms with Gasteiger partial charge in [0.15, 0.2) is 0 Å². The summed E-state index contributed by atoms with van der Waals surface area (Å²) in [5.74, 6) is 0. The molecule has 0 aromatic heterocycles. The van der Waals surface area contributed by atoms with Crippen molar-refractivity contribution in [3.8, 4) is 0 Å². The summed E-state index contributed by atoms with van der Waals surface area (Å²) in [6.07, 6.45) is 1.75. The smallest absolute Gasteiger partial charge is 0.207 e. The van der Waals surface area contributed by atoms with Gasteiger partial charge in [0.1, 0.15) is 4.90 Å². The first-order valence-electron chi connectivity index (χ1n) is 5.89. The van der Waals surface area contributed by atoms with Gasteiger partial charge < -0.3 is 0 Å². The molecule has 0 heterocycles. The summed E-state index contributed by atoms with van der Waals surface area (Å²) in [6.45, 7) is 4.71. The second kappa shape index (κ2) is 6.75. The van der Waals surface area contributed by atoms with Crippen LogP contribution in [0.2, 0.25) is 10.0 Å². The number of halogens is 2. The first kappa shape index (κ1) is 15.8. The van der Waals surface area contributed by atoms with E-state index in [0.717, 1.165) is 12.8 Å². The Balaban J connectivity index is 3.19. The van der Waals surface area contributed by atoms with Gasteiger partial charge in [-0.15, -0.1) is 0 Å². The summed E-state index contributed by atoms with van der Waals surface area (Å²) >= 11 is 11.9. The maximum absolute atomic E-state index is 12.5. The van der Waals surface area contributed by atoms with E-state index in [2.05, 4.69) is 0 Å². The van der Waals surface area contributed by atoms with Crippen molar-refractivity contribution in [3.05, 3.63) is 28.2 Å². The molecule has 0 saturated carbocycles. The maximum Gasteiger partial charge on any atom is 0.246 e. The van der Waals surface area contributed by atoms with E-state index in [-0.39, 0.29) is 14.9 Å². The van der Waals surface area contributed by atoms with Crippen LogP contribution in [0.25, 0.3) is 0 Å². The van der Waals surface area contributed by atoms with Crippen LogP contribution in [-0.2, 0) is 10.0 Å². The van der Waals surface area contributed by atoms with Crippen molar-refractivity contribution < 1.29 is 8.42 Å². The molecule has 0 spiro atoms. The summed E-state index contributed by atoms with van der Waals surface area (Å²) in [4.78, 5) is 0.00582. The molecule has 0 unspecified atom stereocenters. The average molecular weight is 310 g/mol. The fourth-order valence-electron chi connectivity index (χ4n) is 1.64. The van der Waals surface area contributed by atoms with Gasteiger partial charge in [-0.2, -0.15) is 4.31 Å². The van der Waals surface area contributed by atoms with Crippen molar-refractivity contribution in [2.24, 2.45) is 0 Å². The molecule has 102 valence electrons. The number of sulfonamides is 1. The standard InChI is InChI=1S/C12H17Cl2NO2S/c1-3-5-9-15(4-2)18(16,17)12-10(13)7-6-8-11(12)14/h6-8H,3-5,9H2,1-2H3. The Bertz CT molecular complexity index is 483. The first-order chi connectivity index (χ1) is 8.45. The molecule has 0 aliphatic heterocycles. The monoisotopic (exact) mass is 309 g/mol. The minimum absolute atomic E-state index is 0.00582. The van der Waals surface area contributed by atoms with Crippen molar-refractivity contribution >= 4 is 33.2 Å². The molecule has 0 fully saturated rings. The number of benzene rings is 1. The molecule has 1 aromatic rings.